The number of pyridine rings is 1. The van der Waals surface area contributed by atoms with E-state index in [-0.39, 0.29) is 5.69 Å². The predicted octanol–water partition coefficient (Wildman–Crippen LogP) is 3.23. The lowest BCUT2D eigenvalue weighted by Gasteiger charge is -2.17. The zero-order valence-corrected chi connectivity index (χ0v) is 9.70. The molecule has 0 amide bonds. The van der Waals surface area contributed by atoms with Gasteiger partial charge in [0.2, 0.25) is 5.88 Å². The van der Waals surface area contributed by atoms with Crippen molar-refractivity contribution in [3.05, 3.63) is 22.9 Å². The molecule has 0 bridgehead atoms. The minimum absolute atomic E-state index is 0.280. The van der Waals surface area contributed by atoms with Gasteiger partial charge < -0.3 is 9.84 Å². The molecule has 1 aromatic rings. The van der Waals surface area contributed by atoms with Crippen molar-refractivity contribution in [3.63, 3.8) is 0 Å². The number of alkyl halides is 7. The number of nitrogens with zero attached hydrogens (tertiary/aromatic N) is 1. The van der Waals surface area contributed by atoms with Crippen LogP contribution in [0.4, 0.5) is 26.3 Å². The van der Waals surface area contributed by atoms with Crippen LogP contribution in [0.3, 0.4) is 0 Å². The normalized spacial score (nSPS) is 12.6. The average molecular weight is 310 g/mol. The van der Waals surface area contributed by atoms with E-state index >= 15 is 0 Å². The van der Waals surface area contributed by atoms with E-state index in [1.165, 1.54) is 0 Å². The molecule has 0 aliphatic carbocycles. The molecule has 108 valence electrons. The topological polar surface area (TPSA) is 42.4 Å². The summed E-state index contributed by atoms with van der Waals surface area (Å²) in [5.41, 5.74) is -2.85. The van der Waals surface area contributed by atoms with Crippen LogP contribution in [0.1, 0.15) is 16.8 Å². The van der Waals surface area contributed by atoms with Gasteiger partial charge in [-0.2, -0.15) is 13.2 Å². The Balaban J connectivity index is 3.47. The van der Waals surface area contributed by atoms with Crippen LogP contribution >= 0.6 is 11.6 Å². The lowest BCUT2D eigenvalue weighted by atomic mass is 10.1. The summed E-state index contributed by atoms with van der Waals surface area (Å²) < 4.78 is 77.4. The summed E-state index contributed by atoms with van der Waals surface area (Å²) in [6.07, 6.45) is -10.5. The van der Waals surface area contributed by atoms with Gasteiger partial charge >= 0.3 is 12.5 Å². The third-order valence-corrected chi connectivity index (χ3v) is 2.20. The van der Waals surface area contributed by atoms with E-state index in [1.807, 2.05) is 0 Å². The van der Waals surface area contributed by atoms with Crippen LogP contribution in [0.5, 0.6) is 5.88 Å². The second-order valence-corrected chi connectivity index (χ2v) is 3.56. The van der Waals surface area contributed by atoms with Crippen LogP contribution in [-0.2, 0) is 18.7 Å². The number of hydrogen-bond acceptors (Lipinski definition) is 3. The first-order valence-corrected chi connectivity index (χ1v) is 5.14. The summed E-state index contributed by atoms with van der Waals surface area (Å²) in [5.74, 6) is -2.11. The summed E-state index contributed by atoms with van der Waals surface area (Å²) >= 11 is 5.30. The quantitative estimate of drug-likeness (QED) is 0.688. The molecule has 0 saturated heterocycles. The average Bonchev–Trinajstić information content (AvgIpc) is 2.23. The minimum atomic E-state index is -5.34. The molecular formula is C9H6ClF6NO2. The fraction of sp³-hybridized carbons (Fsp3) is 0.444. The fourth-order valence-corrected chi connectivity index (χ4v) is 1.45. The highest BCUT2D eigenvalue weighted by atomic mass is 35.5. The van der Waals surface area contributed by atoms with Crippen LogP contribution in [0.2, 0.25) is 0 Å². The standard InChI is InChI=1S/C9H6ClF6NO2/c10-2-5-1-4(3-18)6(8(11,12)13)7(17-5)19-9(14,15)16/h1,18H,2-3H2. The van der Waals surface area contributed by atoms with Crippen molar-refractivity contribution >= 4 is 11.6 Å². The van der Waals surface area contributed by atoms with Gasteiger partial charge in [-0.25, -0.2) is 4.98 Å². The highest BCUT2D eigenvalue weighted by Gasteiger charge is 2.42. The van der Waals surface area contributed by atoms with Crippen LogP contribution < -0.4 is 4.74 Å². The first-order valence-electron chi connectivity index (χ1n) is 4.61. The van der Waals surface area contributed by atoms with Crippen molar-refractivity contribution < 1.29 is 36.2 Å². The van der Waals surface area contributed by atoms with Gasteiger partial charge in [-0.15, -0.1) is 24.8 Å². The van der Waals surface area contributed by atoms with Gasteiger partial charge in [-0.1, -0.05) is 0 Å². The molecule has 10 heteroatoms. The number of hydrogen-bond donors (Lipinski definition) is 1. The van der Waals surface area contributed by atoms with E-state index in [0.717, 1.165) is 6.07 Å². The van der Waals surface area contributed by atoms with E-state index in [4.69, 9.17) is 16.7 Å². The van der Waals surface area contributed by atoms with Crippen molar-refractivity contribution in [1.29, 1.82) is 0 Å². The molecule has 19 heavy (non-hydrogen) atoms. The summed E-state index contributed by atoms with van der Waals surface area (Å²) in [4.78, 5) is 3.05. The molecule has 0 aromatic carbocycles. The third-order valence-electron chi connectivity index (χ3n) is 1.92. The van der Waals surface area contributed by atoms with Gasteiger partial charge in [0, 0.05) is 0 Å². The van der Waals surface area contributed by atoms with Crippen LogP contribution in [0, 0.1) is 0 Å². The second kappa shape index (κ2) is 5.41. The van der Waals surface area contributed by atoms with Gasteiger partial charge in [0.1, 0.15) is 5.56 Å². The largest absolute Gasteiger partial charge is 0.574 e. The summed E-state index contributed by atoms with van der Waals surface area (Å²) in [5, 5.41) is 8.82. The highest BCUT2D eigenvalue weighted by Crippen LogP contribution is 2.40. The lowest BCUT2D eigenvalue weighted by molar-refractivity contribution is -0.278. The number of aliphatic hydroxyl groups excluding tert-OH is 1. The van der Waals surface area contributed by atoms with E-state index < -0.39 is 42.0 Å². The van der Waals surface area contributed by atoms with Crippen molar-refractivity contribution in [2.75, 3.05) is 0 Å². The summed E-state index contributed by atoms with van der Waals surface area (Å²) in [6, 6.07) is 0.763. The second-order valence-electron chi connectivity index (χ2n) is 3.29. The Morgan fingerprint density at radius 3 is 2.16 bits per heavy atom. The SMILES string of the molecule is OCc1cc(CCl)nc(OC(F)(F)F)c1C(F)(F)F. The first kappa shape index (κ1) is 15.8. The molecule has 0 aliphatic heterocycles. The molecule has 1 aromatic heterocycles. The highest BCUT2D eigenvalue weighted by molar-refractivity contribution is 6.16. The fourth-order valence-electron chi connectivity index (χ4n) is 1.31. The van der Waals surface area contributed by atoms with Gasteiger partial charge in [0.05, 0.1) is 18.2 Å². The molecule has 1 heterocycles. The Kier molecular flexibility index (Phi) is 4.51. The number of aromatic nitrogens is 1. The zero-order valence-electron chi connectivity index (χ0n) is 8.94. The molecule has 0 spiro atoms. The number of aliphatic hydroxyl groups is 1. The van der Waals surface area contributed by atoms with E-state index in [2.05, 4.69) is 9.72 Å². The first-order chi connectivity index (χ1) is 8.58. The maximum absolute atomic E-state index is 12.7. The predicted molar refractivity (Wildman–Crippen MR) is 51.4 cm³/mol. The lowest BCUT2D eigenvalue weighted by Crippen LogP contribution is -2.22. The van der Waals surface area contributed by atoms with Gasteiger partial charge in [0.15, 0.2) is 0 Å². The molecule has 1 rings (SSSR count). The zero-order chi connectivity index (χ0) is 14.8. The van der Waals surface area contributed by atoms with Gasteiger partial charge in [-0.05, 0) is 11.6 Å². The van der Waals surface area contributed by atoms with E-state index in [9.17, 15) is 26.3 Å². The smallest absolute Gasteiger partial charge is 0.392 e. The maximum atomic E-state index is 12.7. The molecular weight excluding hydrogens is 304 g/mol. The molecule has 3 nitrogen and oxygen atoms in total. The van der Waals surface area contributed by atoms with Crippen LogP contribution in [0.25, 0.3) is 0 Å². The van der Waals surface area contributed by atoms with Crippen molar-refractivity contribution in [2.45, 2.75) is 25.0 Å². The number of halogens is 7. The van der Waals surface area contributed by atoms with E-state index in [1.54, 1.807) is 0 Å². The monoisotopic (exact) mass is 309 g/mol. The summed E-state index contributed by atoms with van der Waals surface area (Å²) in [6.45, 7) is -1.13. The molecule has 0 atom stereocenters. The Morgan fingerprint density at radius 2 is 1.79 bits per heavy atom. The number of ether oxygens (including phenoxy) is 1. The number of rotatable bonds is 3. The van der Waals surface area contributed by atoms with Crippen LogP contribution in [-0.4, -0.2) is 16.5 Å². The summed E-state index contributed by atoms with van der Waals surface area (Å²) in [7, 11) is 0. The van der Waals surface area contributed by atoms with Crippen molar-refractivity contribution in [2.24, 2.45) is 0 Å². The van der Waals surface area contributed by atoms with Gasteiger partial charge in [-0.3, -0.25) is 0 Å². The molecule has 0 saturated carbocycles. The maximum Gasteiger partial charge on any atom is 0.574 e. The van der Waals surface area contributed by atoms with E-state index in [0.29, 0.717) is 0 Å². The van der Waals surface area contributed by atoms with Crippen LogP contribution in [0.15, 0.2) is 6.07 Å². The Morgan fingerprint density at radius 1 is 1.21 bits per heavy atom. The van der Waals surface area contributed by atoms with Crippen molar-refractivity contribution in [3.8, 4) is 5.88 Å². The Bertz CT molecular complexity index is 459. The third kappa shape index (κ3) is 4.13. The van der Waals surface area contributed by atoms with Gasteiger partial charge in [0.25, 0.3) is 0 Å². The molecule has 0 radical (unpaired) electrons. The molecule has 0 aliphatic rings. The Labute approximate surface area is 107 Å². The molecule has 1 N–H and O–H groups in total. The molecule has 0 unspecified atom stereocenters. The molecule has 0 fully saturated rings. The van der Waals surface area contributed by atoms with Crippen molar-refractivity contribution in [1.82, 2.24) is 4.98 Å². The minimum Gasteiger partial charge on any atom is -0.392 e. The Hall–Kier alpha value is -1.22.